The summed E-state index contributed by atoms with van der Waals surface area (Å²) in [5.41, 5.74) is 4.61. The second-order valence-corrected chi connectivity index (χ2v) is 9.89. The van der Waals surface area contributed by atoms with Gasteiger partial charge in [0.2, 0.25) is 0 Å². The number of benzene rings is 2. The molecule has 1 atom stereocenters. The summed E-state index contributed by atoms with van der Waals surface area (Å²) in [4.78, 5) is 41.2. The van der Waals surface area contributed by atoms with Crippen LogP contribution in [0.3, 0.4) is 0 Å². The van der Waals surface area contributed by atoms with Crippen molar-refractivity contribution in [3.8, 4) is 11.1 Å². The van der Waals surface area contributed by atoms with Crippen molar-refractivity contribution in [3.63, 3.8) is 0 Å². The van der Waals surface area contributed by atoms with Crippen LogP contribution in [0.1, 0.15) is 60.8 Å². The molecule has 0 spiro atoms. The summed E-state index contributed by atoms with van der Waals surface area (Å²) in [6.07, 6.45) is 4.62. The Morgan fingerprint density at radius 1 is 1.03 bits per heavy atom. The number of carbonyl (C=O) groups excluding carboxylic acids is 2. The fourth-order valence-corrected chi connectivity index (χ4v) is 4.25. The molecule has 0 bridgehead atoms. The lowest BCUT2D eigenvalue weighted by Gasteiger charge is -2.24. The number of fused-ring (bicyclic) bond motifs is 1. The van der Waals surface area contributed by atoms with Gasteiger partial charge in [-0.05, 0) is 85.9 Å². The zero-order valence-corrected chi connectivity index (χ0v) is 21.2. The topological polar surface area (TPSA) is 118 Å². The van der Waals surface area contributed by atoms with Gasteiger partial charge in [0.1, 0.15) is 5.60 Å². The molecule has 0 radical (unpaired) electrons. The van der Waals surface area contributed by atoms with Crippen LogP contribution in [0.25, 0.3) is 17.2 Å². The van der Waals surface area contributed by atoms with Crippen LogP contribution in [0.2, 0.25) is 0 Å². The van der Waals surface area contributed by atoms with Crippen LogP contribution in [0.5, 0.6) is 0 Å². The number of rotatable bonds is 6. The third-order valence-corrected chi connectivity index (χ3v) is 5.91. The molecule has 2 amide bonds. The lowest BCUT2D eigenvalue weighted by atomic mass is 9.89. The fraction of sp³-hybridized carbons (Fsp3) is 0.241. The van der Waals surface area contributed by atoms with E-state index < -0.39 is 23.7 Å². The SMILES string of the molecule is CC(NC(=O)OC(C)(C)C)c1ccc(C(=O)Nc2ccncc2)cc1-c1cccc2c1C=C(C(=O)O)C2. The number of carboxylic acid groups (broad SMARTS) is 1. The minimum atomic E-state index is -0.965. The number of ether oxygens (including phenoxy) is 1. The zero-order chi connectivity index (χ0) is 26.7. The standard InChI is InChI=1S/C29H29N3O5/c1-17(31-28(36)37-29(2,3)4)22-9-8-19(26(33)32-21-10-12-30-13-11-21)15-25(22)23-7-5-6-18-14-20(27(34)35)16-24(18)23/h5-13,15-17H,14H2,1-4H3,(H,31,36)(H,34,35)(H,30,32,33). The van der Waals surface area contributed by atoms with Crippen LogP contribution in [-0.2, 0) is 16.0 Å². The van der Waals surface area contributed by atoms with E-state index >= 15 is 0 Å². The number of amides is 2. The van der Waals surface area contributed by atoms with Crippen LogP contribution in [-0.4, -0.2) is 33.7 Å². The van der Waals surface area contributed by atoms with E-state index in [1.54, 1.807) is 69.6 Å². The summed E-state index contributed by atoms with van der Waals surface area (Å²) >= 11 is 0. The van der Waals surface area contributed by atoms with Gasteiger partial charge < -0.3 is 20.5 Å². The monoisotopic (exact) mass is 499 g/mol. The molecule has 0 saturated heterocycles. The number of carbonyl (C=O) groups is 3. The molecule has 37 heavy (non-hydrogen) atoms. The van der Waals surface area contributed by atoms with Gasteiger partial charge in [-0.2, -0.15) is 0 Å². The summed E-state index contributed by atoms with van der Waals surface area (Å²) in [5.74, 6) is -1.27. The second kappa shape index (κ2) is 10.3. The van der Waals surface area contributed by atoms with E-state index in [4.69, 9.17) is 4.74 Å². The first-order chi connectivity index (χ1) is 17.5. The number of alkyl carbamates (subject to hydrolysis) is 1. The first kappa shape index (κ1) is 25.6. The maximum atomic E-state index is 13.1. The van der Waals surface area contributed by atoms with Gasteiger partial charge in [-0.15, -0.1) is 0 Å². The maximum Gasteiger partial charge on any atom is 0.408 e. The number of aromatic nitrogens is 1. The van der Waals surface area contributed by atoms with Gasteiger partial charge in [0.15, 0.2) is 0 Å². The van der Waals surface area contributed by atoms with E-state index in [9.17, 15) is 19.5 Å². The van der Waals surface area contributed by atoms with Gasteiger partial charge in [-0.1, -0.05) is 24.3 Å². The molecular weight excluding hydrogens is 470 g/mol. The van der Waals surface area contributed by atoms with Gasteiger partial charge in [0.05, 0.1) is 6.04 Å². The molecule has 4 rings (SSSR count). The Hall–Kier alpha value is -4.46. The third-order valence-electron chi connectivity index (χ3n) is 5.91. The van der Waals surface area contributed by atoms with Gasteiger partial charge in [0, 0.05) is 35.6 Å². The summed E-state index contributed by atoms with van der Waals surface area (Å²) in [6.45, 7) is 7.21. The Labute approximate surface area is 215 Å². The highest BCUT2D eigenvalue weighted by Crippen LogP contribution is 2.38. The van der Waals surface area contributed by atoms with Crippen LogP contribution >= 0.6 is 0 Å². The molecule has 3 N–H and O–H groups in total. The van der Waals surface area contributed by atoms with E-state index in [-0.39, 0.29) is 5.91 Å². The van der Waals surface area contributed by atoms with E-state index in [1.807, 2.05) is 25.1 Å². The molecule has 1 heterocycles. The van der Waals surface area contributed by atoms with Crippen molar-refractivity contribution in [1.82, 2.24) is 10.3 Å². The fourth-order valence-electron chi connectivity index (χ4n) is 4.25. The van der Waals surface area contributed by atoms with Crippen LogP contribution in [0, 0.1) is 0 Å². The van der Waals surface area contributed by atoms with Gasteiger partial charge in [-0.3, -0.25) is 9.78 Å². The van der Waals surface area contributed by atoms with Crippen molar-refractivity contribution in [2.45, 2.75) is 45.8 Å². The number of hydrogen-bond acceptors (Lipinski definition) is 5. The molecule has 2 aromatic carbocycles. The van der Waals surface area contributed by atoms with Crippen molar-refractivity contribution < 1.29 is 24.2 Å². The molecule has 1 unspecified atom stereocenters. The number of anilines is 1. The maximum absolute atomic E-state index is 13.1. The largest absolute Gasteiger partial charge is 0.478 e. The minimum Gasteiger partial charge on any atom is -0.478 e. The molecule has 8 heteroatoms. The molecule has 3 aromatic rings. The molecule has 1 aliphatic carbocycles. The second-order valence-electron chi connectivity index (χ2n) is 9.89. The summed E-state index contributed by atoms with van der Waals surface area (Å²) in [5, 5.41) is 15.3. The summed E-state index contributed by atoms with van der Waals surface area (Å²) in [6, 6.07) is 13.9. The summed E-state index contributed by atoms with van der Waals surface area (Å²) in [7, 11) is 0. The van der Waals surface area contributed by atoms with Gasteiger partial charge >= 0.3 is 12.1 Å². The van der Waals surface area contributed by atoms with Crippen molar-refractivity contribution in [2.24, 2.45) is 0 Å². The average Bonchev–Trinajstić information content (AvgIpc) is 3.28. The average molecular weight is 500 g/mol. The smallest absolute Gasteiger partial charge is 0.408 e. The van der Waals surface area contributed by atoms with Crippen molar-refractivity contribution in [2.75, 3.05) is 5.32 Å². The lowest BCUT2D eigenvalue weighted by molar-refractivity contribution is -0.132. The van der Waals surface area contributed by atoms with Crippen molar-refractivity contribution >= 4 is 29.7 Å². The van der Waals surface area contributed by atoms with Crippen LogP contribution in [0.4, 0.5) is 10.5 Å². The van der Waals surface area contributed by atoms with Crippen LogP contribution in [0.15, 0.2) is 66.5 Å². The Bertz CT molecular complexity index is 1390. The van der Waals surface area contributed by atoms with Crippen molar-refractivity contribution in [3.05, 3.63) is 88.8 Å². The predicted molar refractivity (Wildman–Crippen MR) is 141 cm³/mol. The Kier molecular flexibility index (Phi) is 7.11. The summed E-state index contributed by atoms with van der Waals surface area (Å²) < 4.78 is 5.42. The highest BCUT2D eigenvalue weighted by Gasteiger charge is 2.25. The van der Waals surface area contributed by atoms with Gasteiger partial charge in [0.25, 0.3) is 5.91 Å². The first-order valence-corrected chi connectivity index (χ1v) is 11.9. The quantitative estimate of drug-likeness (QED) is 0.406. The predicted octanol–water partition coefficient (Wildman–Crippen LogP) is 5.61. The molecule has 190 valence electrons. The van der Waals surface area contributed by atoms with Crippen LogP contribution < -0.4 is 10.6 Å². The number of carboxylic acids is 1. The van der Waals surface area contributed by atoms with E-state index in [0.717, 1.165) is 22.3 Å². The Morgan fingerprint density at radius 2 is 1.76 bits per heavy atom. The molecule has 0 saturated carbocycles. The number of pyridine rings is 1. The molecule has 8 nitrogen and oxygen atoms in total. The molecule has 1 aliphatic rings. The van der Waals surface area contributed by atoms with E-state index in [2.05, 4.69) is 15.6 Å². The molecule has 1 aromatic heterocycles. The normalized spacial score (nSPS) is 13.2. The number of nitrogens with zero attached hydrogens (tertiary/aromatic N) is 1. The third kappa shape index (κ3) is 6.03. The highest BCUT2D eigenvalue weighted by molar-refractivity contribution is 6.05. The van der Waals surface area contributed by atoms with Crippen molar-refractivity contribution in [1.29, 1.82) is 0 Å². The Morgan fingerprint density at radius 3 is 2.43 bits per heavy atom. The van der Waals surface area contributed by atoms with E-state index in [0.29, 0.717) is 28.8 Å². The highest BCUT2D eigenvalue weighted by atomic mass is 16.6. The zero-order valence-electron chi connectivity index (χ0n) is 21.2. The Balaban J connectivity index is 1.76. The minimum absolute atomic E-state index is 0.301. The van der Waals surface area contributed by atoms with Gasteiger partial charge in [-0.25, -0.2) is 9.59 Å². The molecule has 0 fully saturated rings. The molecular formula is C29H29N3O5. The number of hydrogen-bond donors (Lipinski definition) is 3. The number of aliphatic carboxylic acids is 1. The molecule has 0 aliphatic heterocycles. The van der Waals surface area contributed by atoms with E-state index in [1.165, 1.54) is 0 Å². The first-order valence-electron chi connectivity index (χ1n) is 11.9. The number of nitrogens with one attached hydrogen (secondary N) is 2. The lowest BCUT2D eigenvalue weighted by Crippen LogP contribution is -2.34.